The molecule has 0 saturated carbocycles. The first kappa shape index (κ1) is 16.7. The molecule has 5 nitrogen and oxygen atoms in total. The van der Waals surface area contributed by atoms with Crippen LogP contribution in [0.2, 0.25) is 0 Å². The minimum Gasteiger partial charge on any atom is -0.466 e. The maximum atomic E-state index is 11.3. The summed E-state index contributed by atoms with van der Waals surface area (Å²) in [6.45, 7) is 2.02. The number of ether oxygens (including phenoxy) is 1. The van der Waals surface area contributed by atoms with Crippen molar-refractivity contribution >= 4 is 15.8 Å². The third kappa shape index (κ3) is 5.71. The van der Waals surface area contributed by atoms with Crippen molar-refractivity contribution in [1.29, 1.82) is 0 Å². The molecule has 0 aliphatic heterocycles. The molecule has 1 unspecified atom stereocenters. The van der Waals surface area contributed by atoms with Gasteiger partial charge in [0.15, 0.2) is 9.84 Å². The van der Waals surface area contributed by atoms with Crippen molar-refractivity contribution in [3.8, 4) is 0 Å². The summed E-state index contributed by atoms with van der Waals surface area (Å²) in [7, 11) is -3.18. The van der Waals surface area contributed by atoms with Gasteiger partial charge in [0.25, 0.3) is 0 Å². The van der Waals surface area contributed by atoms with E-state index < -0.39 is 21.9 Å². The van der Waals surface area contributed by atoms with E-state index in [1.807, 2.05) is 0 Å². The Morgan fingerprint density at radius 3 is 2.40 bits per heavy atom. The minimum absolute atomic E-state index is 0.0186. The van der Waals surface area contributed by atoms with Gasteiger partial charge in [0, 0.05) is 6.26 Å². The summed E-state index contributed by atoms with van der Waals surface area (Å²) >= 11 is 0. The van der Waals surface area contributed by atoms with Gasteiger partial charge in [-0.25, -0.2) is 8.42 Å². The van der Waals surface area contributed by atoms with Gasteiger partial charge in [-0.1, -0.05) is 12.1 Å². The van der Waals surface area contributed by atoms with Crippen molar-refractivity contribution < 1.29 is 23.1 Å². The third-order valence-electron chi connectivity index (χ3n) is 2.83. The van der Waals surface area contributed by atoms with Gasteiger partial charge in [0.1, 0.15) is 0 Å². The molecule has 112 valence electrons. The molecule has 1 N–H and O–H groups in total. The quantitative estimate of drug-likeness (QED) is 0.769. The van der Waals surface area contributed by atoms with Crippen LogP contribution >= 0.6 is 0 Å². The average Bonchev–Trinajstić information content (AvgIpc) is 2.36. The minimum atomic E-state index is -3.18. The highest BCUT2D eigenvalue weighted by Crippen LogP contribution is 2.13. The van der Waals surface area contributed by atoms with Gasteiger partial charge in [-0.15, -0.1) is 0 Å². The molecule has 1 aromatic carbocycles. The number of carbonyl (C=O) groups is 1. The van der Waals surface area contributed by atoms with Crippen LogP contribution in [0.4, 0.5) is 0 Å². The molecule has 0 spiro atoms. The Labute approximate surface area is 119 Å². The van der Waals surface area contributed by atoms with Crippen LogP contribution in [0.15, 0.2) is 29.2 Å². The van der Waals surface area contributed by atoms with Crippen LogP contribution in [-0.2, 0) is 25.8 Å². The molecule has 0 fully saturated rings. The topological polar surface area (TPSA) is 80.7 Å². The molecule has 0 amide bonds. The van der Waals surface area contributed by atoms with Gasteiger partial charge in [-0.2, -0.15) is 0 Å². The number of esters is 1. The van der Waals surface area contributed by atoms with Gasteiger partial charge < -0.3 is 9.84 Å². The monoisotopic (exact) mass is 300 g/mol. The van der Waals surface area contributed by atoms with Gasteiger partial charge in [-0.3, -0.25) is 4.79 Å². The fourth-order valence-corrected chi connectivity index (χ4v) is 2.38. The zero-order valence-corrected chi connectivity index (χ0v) is 12.5. The molecule has 0 heterocycles. The Kier molecular flexibility index (Phi) is 6.16. The van der Waals surface area contributed by atoms with E-state index in [2.05, 4.69) is 0 Å². The summed E-state index contributed by atoms with van der Waals surface area (Å²) in [6.07, 6.45) is 1.39. The van der Waals surface area contributed by atoms with Crippen LogP contribution in [0.25, 0.3) is 0 Å². The fourth-order valence-electron chi connectivity index (χ4n) is 1.75. The lowest BCUT2D eigenvalue weighted by atomic mass is 10.1. The Bertz CT molecular complexity index is 533. The summed E-state index contributed by atoms with van der Waals surface area (Å²) in [5.74, 6) is -0.410. The van der Waals surface area contributed by atoms with Crippen molar-refractivity contribution in [2.45, 2.75) is 37.2 Å². The van der Waals surface area contributed by atoms with Crippen molar-refractivity contribution in [2.75, 3.05) is 12.9 Å². The lowest BCUT2D eigenvalue weighted by molar-refractivity contribution is -0.145. The first-order valence-corrected chi connectivity index (χ1v) is 8.34. The molecule has 0 bridgehead atoms. The lowest BCUT2D eigenvalue weighted by Crippen LogP contribution is -2.16. The molecule has 0 radical (unpaired) electrons. The molecular weight excluding hydrogens is 280 g/mol. The number of carbonyl (C=O) groups excluding carboxylic acids is 1. The Hall–Kier alpha value is -1.40. The van der Waals surface area contributed by atoms with Crippen LogP contribution in [0.1, 0.15) is 25.3 Å². The van der Waals surface area contributed by atoms with E-state index >= 15 is 0 Å². The number of hydrogen-bond donors (Lipinski definition) is 1. The maximum Gasteiger partial charge on any atom is 0.308 e. The normalized spacial score (nSPS) is 12.9. The number of sulfone groups is 1. The van der Waals surface area contributed by atoms with Gasteiger partial charge in [-0.05, 0) is 37.5 Å². The Morgan fingerprint density at radius 1 is 1.30 bits per heavy atom. The first-order chi connectivity index (χ1) is 9.32. The summed E-state index contributed by atoms with van der Waals surface area (Å²) in [5.41, 5.74) is 0.917. The van der Waals surface area contributed by atoms with Crippen molar-refractivity contribution in [3.05, 3.63) is 29.8 Å². The van der Waals surface area contributed by atoms with Gasteiger partial charge >= 0.3 is 5.97 Å². The lowest BCUT2D eigenvalue weighted by Gasteiger charge is -2.10. The Balaban J connectivity index is 2.48. The second-order valence-electron chi connectivity index (χ2n) is 4.62. The van der Waals surface area contributed by atoms with E-state index in [1.165, 1.54) is 0 Å². The number of aliphatic hydroxyl groups is 1. The SMILES string of the molecule is CCOC(=O)CC(O)CCc1ccc(S(C)(=O)=O)cc1. The highest BCUT2D eigenvalue weighted by molar-refractivity contribution is 7.90. The van der Waals surface area contributed by atoms with Crippen LogP contribution in [0, 0.1) is 0 Å². The molecule has 1 rings (SSSR count). The van der Waals surface area contributed by atoms with E-state index in [1.54, 1.807) is 31.2 Å². The van der Waals surface area contributed by atoms with Crippen molar-refractivity contribution in [2.24, 2.45) is 0 Å². The molecule has 20 heavy (non-hydrogen) atoms. The van der Waals surface area contributed by atoms with E-state index in [-0.39, 0.29) is 11.3 Å². The van der Waals surface area contributed by atoms with Crippen LogP contribution < -0.4 is 0 Å². The van der Waals surface area contributed by atoms with Crippen LogP contribution in [-0.4, -0.2) is 38.5 Å². The van der Waals surface area contributed by atoms with E-state index in [0.29, 0.717) is 19.4 Å². The summed E-state index contributed by atoms with van der Waals surface area (Å²) in [6, 6.07) is 6.52. The first-order valence-electron chi connectivity index (χ1n) is 6.45. The van der Waals surface area contributed by atoms with Crippen LogP contribution in [0.3, 0.4) is 0 Å². The van der Waals surface area contributed by atoms with Gasteiger partial charge in [0.05, 0.1) is 24.0 Å². The molecule has 0 aliphatic rings. The highest BCUT2D eigenvalue weighted by atomic mass is 32.2. The fraction of sp³-hybridized carbons (Fsp3) is 0.500. The molecule has 0 aliphatic carbocycles. The van der Waals surface area contributed by atoms with E-state index in [4.69, 9.17) is 4.74 Å². The molecule has 0 aromatic heterocycles. The smallest absolute Gasteiger partial charge is 0.308 e. The number of aliphatic hydroxyl groups excluding tert-OH is 1. The average molecular weight is 300 g/mol. The number of rotatable bonds is 7. The molecular formula is C14H20O5S. The van der Waals surface area contributed by atoms with Crippen LogP contribution in [0.5, 0.6) is 0 Å². The second kappa shape index (κ2) is 7.40. The zero-order chi connectivity index (χ0) is 15.2. The highest BCUT2D eigenvalue weighted by Gasteiger charge is 2.12. The summed E-state index contributed by atoms with van der Waals surface area (Å²) in [5, 5.41) is 9.69. The standard InChI is InChI=1S/C14H20O5S/c1-3-19-14(16)10-12(15)7-4-11-5-8-13(9-6-11)20(2,17)18/h5-6,8-9,12,15H,3-4,7,10H2,1-2H3. The Morgan fingerprint density at radius 2 is 1.90 bits per heavy atom. The third-order valence-corrected chi connectivity index (χ3v) is 3.95. The predicted octanol–water partition coefficient (Wildman–Crippen LogP) is 1.34. The van der Waals surface area contributed by atoms with E-state index in [9.17, 15) is 18.3 Å². The molecule has 0 saturated heterocycles. The summed E-state index contributed by atoms with van der Waals surface area (Å²) < 4.78 is 27.4. The van der Waals surface area contributed by atoms with Crippen molar-refractivity contribution in [1.82, 2.24) is 0 Å². The number of benzene rings is 1. The molecule has 6 heteroatoms. The molecule has 1 atom stereocenters. The summed E-state index contributed by atoms with van der Waals surface area (Å²) in [4.78, 5) is 11.4. The second-order valence-corrected chi connectivity index (χ2v) is 6.63. The number of aryl methyl sites for hydroxylation is 1. The zero-order valence-electron chi connectivity index (χ0n) is 11.7. The predicted molar refractivity (Wildman–Crippen MR) is 75.1 cm³/mol. The van der Waals surface area contributed by atoms with Gasteiger partial charge in [0.2, 0.25) is 0 Å². The molecule has 1 aromatic rings. The number of hydrogen-bond acceptors (Lipinski definition) is 5. The largest absolute Gasteiger partial charge is 0.466 e. The van der Waals surface area contributed by atoms with E-state index in [0.717, 1.165) is 11.8 Å². The van der Waals surface area contributed by atoms with Crippen molar-refractivity contribution in [3.63, 3.8) is 0 Å². The maximum absolute atomic E-state index is 11.3.